The Morgan fingerprint density at radius 3 is 2.90 bits per heavy atom. The molecule has 1 fully saturated rings. The zero-order chi connectivity index (χ0) is 14.7. The number of hydrogen-bond acceptors (Lipinski definition) is 5. The molecule has 1 atom stereocenters. The zero-order valence-electron chi connectivity index (χ0n) is 12.4. The van der Waals surface area contributed by atoms with E-state index in [0.29, 0.717) is 26.4 Å². The zero-order valence-corrected chi connectivity index (χ0v) is 12.4. The average molecular weight is 291 g/mol. The molecule has 5 heteroatoms. The molecule has 1 saturated heterocycles. The minimum atomic E-state index is -0.157. The number of benzene rings is 1. The van der Waals surface area contributed by atoms with Gasteiger partial charge in [-0.3, -0.25) is 0 Å². The first kappa shape index (κ1) is 14.4. The summed E-state index contributed by atoms with van der Waals surface area (Å²) < 4.78 is 22.4. The predicted molar refractivity (Wildman–Crippen MR) is 79.5 cm³/mol. The molecule has 0 unspecified atom stereocenters. The van der Waals surface area contributed by atoms with E-state index in [1.165, 1.54) is 0 Å². The second-order valence-corrected chi connectivity index (χ2v) is 5.06. The van der Waals surface area contributed by atoms with Crippen LogP contribution < -0.4 is 10.1 Å². The Hall–Kier alpha value is -1.56. The summed E-state index contributed by atoms with van der Waals surface area (Å²) in [5.41, 5.74) is 0.802. The Labute approximate surface area is 124 Å². The highest BCUT2D eigenvalue weighted by Crippen LogP contribution is 2.31. The third-order valence-corrected chi connectivity index (χ3v) is 3.54. The van der Waals surface area contributed by atoms with E-state index in [4.69, 9.17) is 18.6 Å². The lowest BCUT2D eigenvalue weighted by atomic mass is 10.2. The van der Waals surface area contributed by atoms with Gasteiger partial charge in [-0.25, -0.2) is 0 Å². The SMILES string of the molecule is CCOc1cccc2cc([C@H](C)NCC3OCCO3)oc12. The van der Waals surface area contributed by atoms with Crippen LogP contribution in [0, 0.1) is 0 Å². The molecular formula is C16H21NO4. The van der Waals surface area contributed by atoms with Crippen LogP contribution in [0.3, 0.4) is 0 Å². The van der Waals surface area contributed by atoms with Gasteiger partial charge in [0.2, 0.25) is 0 Å². The summed E-state index contributed by atoms with van der Waals surface area (Å²) in [6.45, 7) is 6.64. The molecule has 1 aromatic carbocycles. The fourth-order valence-electron chi connectivity index (χ4n) is 2.44. The average Bonchev–Trinajstić information content (AvgIpc) is 3.14. The molecule has 0 bridgehead atoms. The quantitative estimate of drug-likeness (QED) is 0.887. The van der Waals surface area contributed by atoms with Gasteiger partial charge in [-0.2, -0.15) is 0 Å². The third-order valence-electron chi connectivity index (χ3n) is 3.54. The largest absolute Gasteiger partial charge is 0.490 e. The number of fused-ring (bicyclic) bond motifs is 1. The van der Waals surface area contributed by atoms with E-state index in [-0.39, 0.29) is 12.3 Å². The van der Waals surface area contributed by atoms with Crippen molar-refractivity contribution in [3.63, 3.8) is 0 Å². The Bertz CT molecular complexity index is 589. The maximum atomic E-state index is 5.96. The Kier molecular flexibility index (Phi) is 4.43. The van der Waals surface area contributed by atoms with Gasteiger partial charge in [0.25, 0.3) is 0 Å². The highest BCUT2D eigenvalue weighted by Gasteiger charge is 2.19. The van der Waals surface area contributed by atoms with Gasteiger partial charge in [-0.1, -0.05) is 12.1 Å². The van der Waals surface area contributed by atoms with Crippen LogP contribution in [0.25, 0.3) is 11.0 Å². The van der Waals surface area contributed by atoms with E-state index >= 15 is 0 Å². The van der Waals surface area contributed by atoms with Crippen molar-refractivity contribution in [3.05, 3.63) is 30.0 Å². The highest BCUT2D eigenvalue weighted by atomic mass is 16.7. The lowest BCUT2D eigenvalue weighted by Gasteiger charge is -2.14. The second-order valence-electron chi connectivity index (χ2n) is 5.06. The van der Waals surface area contributed by atoms with Crippen LogP contribution in [-0.4, -0.2) is 32.7 Å². The minimum Gasteiger partial charge on any atom is -0.490 e. The van der Waals surface area contributed by atoms with Gasteiger partial charge in [0, 0.05) is 11.9 Å². The maximum absolute atomic E-state index is 5.96. The molecular weight excluding hydrogens is 270 g/mol. The van der Waals surface area contributed by atoms with Gasteiger partial charge >= 0.3 is 0 Å². The molecule has 1 aliphatic rings. The Morgan fingerprint density at radius 2 is 2.14 bits per heavy atom. The van der Waals surface area contributed by atoms with E-state index in [2.05, 4.69) is 12.2 Å². The first-order valence-electron chi connectivity index (χ1n) is 7.39. The highest BCUT2D eigenvalue weighted by molar-refractivity contribution is 5.83. The summed E-state index contributed by atoms with van der Waals surface area (Å²) in [7, 11) is 0. The first-order chi connectivity index (χ1) is 10.3. The number of nitrogens with one attached hydrogen (secondary N) is 1. The van der Waals surface area contributed by atoms with Gasteiger partial charge in [-0.15, -0.1) is 0 Å². The summed E-state index contributed by atoms with van der Waals surface area (Å²) in [5, 5.41) is 4.42. The van der Waals surface area contributed by atoms with Crippen LogP contribution >= 0.6 is 0 Å². The molecule has 0 saturated carbocycles. The molecule has 114 valence electrons. The summed E-state index contributed by atoms with van der Waals surface area (Å²) in [4.78, 5) is 0. The summed E-state index contributed by atoms with van der Waals surface area (Å²) >= 11 is 0. The van der Waals surface area contributed by atoms with Crippen LogP contribution in [0.5, 0.6) is 5.75 Å². The van der Waals surface area contributed by atoms with Crippen molar-refractivity contribution in [2.24, 2.45) is 0 Å². The topological polar surface area (TPSA) is 52.9 Å². The van der Waals surface area contributed by atoms with E-state index in [1.54, 1.807) is 0 Å². The third kappa shape index (κ3) is 3.20. The molecule has 0 radical (unpaired) electrons. The van der Waals surface area contributed by atoms with E-state index in [0.717, 1.165) is 22.5 Å². The number of furan rings is 1. The summed E-state index contributed by atoms with van der Waals surface area (Å²) in [6.07, 6.45) is -0.157. The standard InChI is InChI=1S/C16H21NO4/c1-3-18-13-6-4-5-12-9-14(21-16(12)13)11(2)17-10-15-19-7-8-20-15/h4-6,9,11,15,17H,3,7-8,10H2,1-2H3/t11-/m0/s1. The van der Waals surface area contributed by atoms with E-state index < -0.39 is 0 Å². The van der Waals surface area contributed by atoms with Gasteiger partial charge in [0.1, 0.15) is 5.76 Å². The summed E-state index contributed by atoms with van der Waals surface area (Å²) in [6, 6.07) is 8.06. The van der Waals surface area contributed by atoms with Crippen molar-refractivity contribution in [3.8, 4) is 5.75 Å². The molecule has 1 aromatic heterocycles. The molecule has 0 aliphatic carbocycles. The Morgan fingerprint density at radius 1 is 1.33 bits per heavy atom. The molecule has 1 N–H and O–H groups in total. The van der Waals surface area contributed by atoms with Crippen molar-refractivity contribution >= 4 is 11.0 Å². The number of ether oxygens (including phenoxy) is 3. The molecule has 3 rings (SSSR count). The monoisotopic (exact) mass is 291 g/mol. The fourth-order valence-corrected chi connectivity index (χ4v) is 2.44. The van der Waals surface area contributed by atoms with Crippen molar-refractivity contribution < 1.29 is 18.6 Å². The molecule has 21 heavy (non-hydrogen) atoms. The lowest BCUT2D eigenvalue weighted by molar-refractivity contribution is -0.0406. The maximum Gasteiger partial charge on any atom is 0.176 e. The summed E-state index contributed by atoms with van der Waals surface area (Å²) in [5.74, 6) is 1.67. The molecule has 5 nitrogen and oxygen atoms in total. The van der Waals surface area contributed by atoms with Gasteiger partial charge in [-0.05, 0) is 26.0 Å². The van der Waals surface area contributed by atoms with Gasteiger partial charge < -0.3 is 23.9 Å². The van der Waals surface area contributed by atoms with Crippen molar-refractivity contribution in [2.75, 3.05) is 26.4 Å². The van der Waals surface area contributed by atoms with Crippen molar-refractivity contribution in [1.29, 1.82) is 0 Å². The molecule has 2 heterocycles. The molecule has 0 amide bonds. The predicted octanol–water partition coefficient (Wildman–Crippen LogP) is 2.86. The Balaban J connectivity index is 1.72. The van der Waals surface area contributed by atoms with Crippen LogP contribution in [0.1, 0.15) is 25.6 Å². The number of para-hydroxylation sites is 1. The molecule has 2 aromatic rings. The number of hydrogen-bond donors (Lipinski definition) is 1. The van der Waals surface area contributed by atoms with Crippen LogP contribution in [0.2, 0.25) is 0 Å². The van der Waals surface area contributed by atoms with Crippen molar-refractivity contribution in [1.82, 2.24) is 5.32 Å². The normalized spacial score (nSPS) is 17.4. The van der Waals surface area contributed by atoms with Gasteiger partial charge in [0.15, 0.2) is 17.6 Å². The molecule has 1 aliphatic heterocycles. The first-order valence-corrected chi connectivity index (χ1v) is 7.39. The van der Waals surface area contributed by atoms with Crippen LogP contribution in [0.4, 0.5) is 0 Å². The van der Waals surface area contributed by atoms with Crippen LogP contribution in [0.15, 0.2) is 28.7 Å². The van der Waals surface area contributed by atoms with Gasteiger partial charge in [0.05, 0.1) is 25.9 Å². The van der Waals surface area contributed by atoms with E-state index in [1.807, 2.05) is 31.2 Å². The smallest absolute Gasteiger partial charge is 0.176 e. The second kappa shape index (κ2) is 6.47. The minimum absolute atomic E-state index is 0.0830. The van der Waals surface area contributed by atoms with Crippen LogP contribution in [-0.2, 0) is 9.47 Å². The molecule has 0 spiro atoms. The number of rotatable bonds is 6. The lowest BCUT2D eigenvalue weighted by Crippen LogP contribution is -2.29. The van der Waals surface area contributed by atoms with E-state index in [9.17, 15) is 0 Å². The fraction of sp³-hybridized carbons (Fsp3) is 0.500. The van der Waals surface area contributed by atoms with Crippen molar-refractivity contribution in [2.45, 2.75) is 26.2 Å².